The maximum Gasteiger partial charge on any atom is 0.270 e. The van der Waals surface area contributed by atoms with Crippen LogP contribution in [0.4, 0.5) is 11.4 Å². The summed E-state index contributed by atoms with van der Waals surface area (Å²) < 4.78 is 0. The van der Waals surface area contributed by atoms with Crippen molar-refractivity contribution in [3.05, 3.63) is 62.1 Å². The number of aliphatic imine (C=N–C) groups is 1. The lowest BCUT2D eigenvalue weighted by Gasteiger charge is -2.08. The van der Waals surface area contributed by atoms with Crippen molar-refractivity contribution in [2.45, 2.75) is 0 Å². The Bertz CT molecular complexity index is 702. The third-order valence-electron chi connectivity index (χ3n) is 2.48. The van der Waals surface area contributed by atoms with E-state index < -0.39 is 4.92 Å². The van der Waals surface area contributed by atoms with E-state index in [0.717, 1.165) is 18.2 Å². The summed E-state index contributed by atoms with van der Waals surface area (Å²) in [4.78, 5) is 14.1. The molecule has 0 aliphatic rings. The number of nitro benzene ring substituents is 1. The second-order valence-electron chi connectivity index (χ2n) is 3.81. The smallest absolute Gasteiger partial charge is 0.270 e. The van der Waals surface area contributed by atoms with Crippen LogP contribution in [0.3, 0.4) is 0 Å². The van der Waals surface area contributed by atoms with E-state index in [2.05, 4.69) is 4.99 Å². The average Bonchev–Trinajstić information content (AvgIpc) is 2.41. The predicted octanol–water partition coefficient (Wildman–Crippen LogP) is 3.73. The van der Waals surface area contributed by atoms with E-state index in [9.17, 15) is 15.2 Å². The fourth-order valence-electron chi connectivity index (χ4n) is 1.48. The minimum atomic E-state index is -0.580. The summed E-state index contributed by atoms with van der Waals surface area (Å²) in [5.74, 6) is -0.363. The fraction of sp³-hybridized carbons (Fsp3) is 0. The Labute approximate surface area is 124 Å². The molecule has 0 saturated heterocycles. The summed E-state index contributed by atoms with van der Waals surface area (Å²) in [6.07, 6.45) is 1.23. The highest BCUT2D eigenvalue weighted by atomic mass is 35.5. The fourth-order valence-corrected chi connectivity index (χ4v) is 1.83. The van der Waals surface area contributed by atoms with Crippen molar-refractivity contribution in [1.29, 1.82) is 0 Å². The molecule has 7 heteroatoms. The van der Waals surface area contributed by atoms with Gasteiger partial charge in [0.05, 0.1) is 20.7 Å². The summed E-state index contributed by atoms with van der Waals surface area (Å²) in [5, 5.41) is 22.8. The first-order valence-electron chi connectivity index (χ1n) is 5.42. The molecule has 0 amide bonds. The zero-order chi connectivity index (χ0) is 14.7. The number of halogens is 2. The minimum absolute atomic E-state index is 0.107. The second-order valence-corrected chi connectivity index (χ2v) is 4.60. The lowest BCUT2D eigenvalue weighted by Crippen LogP contribution is -1.98. The van der Waals surface area contributed by atoms with Crippen LogP contribution in [0.2, 0.25) is 10.0 Å². The number of non-ortho nitro benzene ring substituents is 1. The molecule has 0 radical (unpaired) electrons. The third kappa shape index (κ3) is 3.07. The van der Waals surface area contributed by atoms with Crippen molar-refractivity contribution >= 4 is 40.8 Å². The van der Waals surface area contributed by atoms with Crippen LogP contribution >= 0.6 is 23.2 Å². The van der Waals surface area contributed by atoms with E-state index in [-0.39, 0.29) is 22.0 Å². The van der Waals surface area contributed by atoms with Gasteiger partial charge in [-0.05, 0) is 17.7 Å². The van der Waals surface area contributed by atoms with Gasteiger partial charge < -0.3 is 5.11 Å². The minimum Gasteiger partial charge on any atom is -0.872 e. The van der Waals surface area contributed by atoms with E-state index in [1.165, 1.54) is 6.21 Å². The molecule has 2 aromatic rings. The Morgan fingerprint density at radius 2 is 1.95 bits per heavy atom. The third-order valence-corrected chi connectivity index (χ3v) is 3.29. The van der Waals surface area contributed by atoms with Crippen LogP contribution in [-0.4, -0.2) is 11.1 Å². The summed E-state index contributed by atoms with van der Waals surface area (Å²) in [5.41, 5.74) is 0.309. The van der Waals surface area contributed by atoms with Gasteiger partial charge >= 0.3 is 0 Å². The van der Waals surface area contributed by atoms with Gasteiger partial charge in [0.2, 0.25) is 0 Å². The summed E-state index contributed by atoms with van der Waals surface area (Å²) in [6, 6.07) is 8.31. The number of benzene rings is 2. The molecule has 0 unspecified atom stereocenters. The Kier molecular flexibility index (Phi) is 4.22. The van der Waals surface area contributed by atoms with Gasteiger partial charge in [-0.3, -0.25) is 15.1 Å². The van der Waals surface area contributed by atoms with Gasteiger partial charge in [-0.15, -0.1) is 0 Å². The van der Waals surface area contributed by atoms with Crippen LogP contribution in [0, 0.1) is 10.1 Å². The molecule has 0 aliphatic carbocycles. The van der Waals surface area contributed by atoms with E-state index >= 15 is 0 Å². The van der Waals surface area contributed by atoms with Gasteiger partial charge in [0, 0.05) is 18.3 Å². The predicted molar refractivity (Wildman–Crippen MR) is 76.3 cm³/mol. The molecule has 0 aliphatic heterocycles. The van der Waals surface area contributed by atoms with Crippen molar-refractivity contribution in [3.63, 3.8) is 0 Å². The molecular weight excluding hydrogens is 303 g/mol. The van der Waals surface area contributed by atoms with Crippen molar-refractivity contribution in [2.75, 3.05) is 0 Å². The highest BCUT2D eigenvalue weighted by Crippen LogP contribution is 2.31. The molecule has 5 nitrogen and oxygen atoms in total. The zero-order valence-electron chi connectivity index (χ0n) is 9.92. The van der Waals surface area contributed by atoms with Crippen molar-refractivity contribution in [3.8, 4) is 5.75 Å². The molecule has 0 saturated carbocycles. The summed E-state index contributed by atoms with van der Waals surface area (Å²) in [6.45, 7) is 0. The van der Waals surface area contributed by atoms with Gasteiger partial charge in [0.1, 0.15) is 0 Å². The monoisotopic (exact) mass is 309 g/mol. The lowest BCUT2D eigenvalue weighted by atomic mass is 10.2. The number of hydrogen-bond donors (Lipinski definition) is 0. The van der Waals surface area contributed by atoms with Crippen LogP contribution in [0.25, 0.3) is 0 Å². The normalized spacial score (nSPS) is 10.9. The molecule has 102 valence electrons. The van der Waals surface area contributed by atoms with Crippen molar-refractivity contribution < 1.29 is 10.0 Å². The van der Waals surface area contributed by atoms with E-state index in [1.807, 2.05) is 0 Å². The molecule has 0 fully saturated rings. The maximum absolute atomic E-state index is 11.6. The number of nitro groups is 1. The van der Waals surface area contributed by atoms with Crippen LogP contribution in [-0.2, 0) is 0 Å². The molecular formula is C13H7Cl2N2O3-. The van der Waals surface area contributed by atoms with E-state index in [0.29, 0.717) is 10.7 Å². The molecule has 2 rings (SSSR count). The molecule has 0 N–H and O–H groups in total. The van der Waals surface area contributed by atoms with E-state index in [1.54, 1.807) is 18.2 Å². The number of nitrogens with zero attached hydrogens (tertiary/aromatic N) is 2. The Balaban J connectivity index is 2.38. The maximum atomic E-state index is 11.6. The van der Waals surface area contributed by atoms with Gasteiger partial charge in [-0.1, -0.05) is 41.1 Å². The van der Waals surface area contributed by atoms with Crippen LogP contribution < -0.4 is 5.11 Å². The standard InChI is InChI=1S/C13H8Cl2N2O3/c14-10-2-1-3-11(13(10)15)16-7-8-6-9(17(19)20)4-5-12(8)18/h1-7,18H/p-1. The zero-order valence-corrected chi connectivity index (χ0v) is 11.4. The number of rotatable bonds is 3. The quantitative estimate of drug-likeness (QED) is 0.492. The SMILES string of the molecule is O=[N+]([O-])c1ccc([O-])c(C=Nc2cccc(Cl)c2Cl)c1. The average molecular weight is 310 g/mol. The lowest BCUT2D eigenvalue weighted by molar-refractivity contribution is -0.385. The van der Waals surface area contributed by atoms with Gasteiger partial charge in [-0.25, -0.2) is 0 Å². The molecule has 0 bridgehead atoms. The topological polar surface area (TPSA) is 78.6 Å². The van der Waals surface area contributed by atoms with Gasteiger partial charge in [-0.2, -0.15) is 0 Å². The first kappa shape index (κ1) is 14.3. The highest BCUT2D eigenvalue weighted by Gasteiger charge is 2.06. The van der Waals surface area contributed by atoms with E-state index in [4.69, 9.17) is 23.2 Å². The van der Waals surface area contributed by atoms with Crippen LogP contribution in [0.1, 0.15) is 5.56 Å². The van der Waals surface area contributed by atoms with Gasteiger partial charge in [0.15, 0.2) is 0 Å². The Morgan fingerprint density at radius 3 is 2.65 bits per heavy atom. The van der Waals surface area contributed by atoms with Crippen LogP contribution in [0.15, 0.2) is 41.4 Å². The first-order valence-corrected chi connectivity index (χ1v) is 6.18. The van der Waals surface area contributed by atoms with Crippen molar-refractivity contribution in [2.24, 2.45) is 4.99 Å². The van der Waals surface area contributed by atoms with Crippen LogP contribution in [0.5, 0.6) is 5.75 Å². The Morgan fingerprint density at radius 1 is 1.20 bits per heavy atom. The van der Waals surface area contributed by atoms with Crippen molar-refractivity contribution in [1.82, 2.24) is 0 Å². The number of hydrogen-bond acceptors (Lipinski definition) is 4. The summed E-state index contributed by atoms with van der Waals surface area (Å²) in [7, 11) is 0. The summed E-state index contributed by atoms with van der Waals surface area (Å²) >= 11 is 11.8. The molecule has 2 aromatic carbocycles. The molecule has 20 heavy (non-hydrogen) atoms. The molecule has 0 heterocycles. The molecule has 0 aromatic heterocycles. The second kappa shape index (κ2) is 5.90. The highest BCUT2D eigenvalue weighted by molar-refractivity contribution is 6.43. The Hall–Kier alpha value is -2.11. The largest absolute Gasteiger partial charge is 0.872 e. The first-order chi connectivity index (χ1) is 9.49. The molecule has 0 atom stereocenters. The molecule has 0 spiro atoms. The van der Waals surface area contributed by atoms with Gasteiger partial charge in [0.25, 0.3) is 5.69 Å².